The van der Waals surface area contributed by atoms with Crippen molar-refractivity contribution in [1.29, 1.82) is 0 Å². The van der Waals surface area contributed by atoms with Gasteiger partial charge in [0, 0.05) is 12.4 Å². The van der Waals surface area contributed by atoms with Gasteiger partial charge in [0.25, 0.3) is 5.91 Å². The summed E-state index contributed by atoms with van der Waals surface area (Å²) in [5.41, 5.74) is 3.54. The zero-order valence-electron chi connectivity index (χ0n) is 8.42. The molecule has 0 unspecified atom stereocenters. The monoisotopic (exact) mass is 214 g/mol. The van der Waals surface area contributed by atoms with Crippen LogP contribution < -0.4 is 5.43 Å². The Morgan fingerprint density at radius 3 is 3.00 bits per heavy atom. The van der Waals surface area contributed by atoms with Crippen molar-refractivity contribution in [2.24, 2.45) is 5.10 Å². The topological polar surface area (TPSA) is 70.1 Å². The molecule has 2 aromatic rings. The van der Waals surface area contributed by atoms with Crippen molar-refractivity contribution in [3.63, 3.8) is 0 Å². The molecule has 5 heteroatoms. The van der Waals surface area contributed by atoms with Crippen LogP contribution in [-0.4, -0.2) is 22.1 Å². The lowest BCUT2D eigenvalue weighted by Crippen LogP contribution is -2.18. The summed E-state index contributed by atoms with van der Waals surface area (Å²) < 4.78 is 0. The van der Waals surface area contributed by atoms with Crippen LogP contribution in [0.3, 0.4) is 0 Å². The van der Waals surface area contributed by atoms with Crippen LogP contribution in [0, 0.1) is 0 Å². The number of nitrogens with one attached hydrogen (secondary N) is 2. The molecule has 0 atom stereocenters. The van der Waals surface area contributed by atoms with E-state index >= 15 is 0 Å². The molecular weight excluding hydrogens is 204 g/mol. The minimum Gasteiger partial charge on any atom is -0.360 e. The van der Waals surface area contributed by atoms with Crippen molar-refractivity contribution in [3.05, 3.63) is 54.1 Å². The lowest BCUT2D eigenvalue weighted by atomic mass is 10.3. The van der Waals surface area contributed by atoms with Gasteiger partial charge in [-0.15, -0.1) is 0 Å². The molecule has 80 valence electrons. The van der Waals surface area contributed by atoms with Gasteiger partial charge >= 0.3 is 0 Å². The maximum absolute atomic E-state index is 11.5. The molecule has 0 radical (unpaired) electrons. The molecule has 0 saturated heterocycles. The molecule has 16 heavy (non-hydrogen) atoms. The summed E-state index contributed by atoms with van der Waals surface area (Å²) in [4.78, 5) is 18.3. The quantitative estimate of drug-likeness (QED) is 0.594. The van der Waals surface area contributed by atoms with Gasteiger partial charge in [0.15, 0.2) is 0 Å². The molecule has 0 bridgehead atoms. The first kappa shape index (κ1) is 10.1. The van der Waals surface area contributed by atoms with Crippen molar-refractivity contribution >= 4 is 12.1 Å². The van der Waals surface area contributed by atoms with Crippen LogP contribution in [0.25, 0.3) is 0 Å². The van der Waals surface area contributed by atoms with Crippen molar-refractivity contribution in [3.8, 4) is 0 Å². The molecule has 0 aliphatic carbocycles. The van der Waals surface area contributed by atoms with Crippen LogP contribution in [0.2, 0.25) is 0 Å². The van der Waals surface area contributed by atoms with Gasteiger partial charge in [-0.25, -0.2) is 5.43 Å². The second-order valence-electron chi connectivity index (χ2n) is 3.04. The number of carbonyl (C=O) groups is 1. The number of H-pyrrole nitrogens is 1. The second-order valence-corrected chi connectivity index (χ2v) is 3.04. The number of hydrogen-bond acceptors (Lipinski definition) is 3. The van der Waals surface area contributed by atoms with E-state index in [9.17, 15) is 4.79 Å². The molecule has 0 aliphatic heterocycles. The summed E-state index contributed by atoms with van der Waals surface area (Å²) in [5, 5.41) is 3.79. The Kier molecular flexibility index (Phi) is 3.08. The van der Waals surface area contributed by atoms with Gasteiger partial charge in [-0.3, -0.25) is 9.78 Å². The SMILES string of the molecule is O=C(NN=Cc1ccc[nH]1)c1ccccn1. The van der Waals surface area contributed by atoms with Crippen LogP contribution >= 0.6 is 0 Å². The minimum atomic E-state index is -0.330. The normalized spacial score (nSPS) is 10.5. The number of carbonyl (C=O) groups excluding carboxylic acids is 1. The fourth-order valence-corrected chi connectivity index (χ4v) is 1.14. The summed E-state index contributed by atoms with van der Waals surface area (Å²) >= 11 is 0. The molecule has 2 N–H and O–H groups in total. The molecule has 2 aromatic heterocycles. The van der Waals surface area contributed by atoms with Gasteiger partial charge in [0.2, 0.25) is 0 Å². The van der Waals surface area contributed by atoms with E-state index in [0.29, 0.717) is 5.69 Å². The van der Waals surface area contributed by atoms with Gasteiger partial charge in [-0.05, 0) is 24.3 Å². The number of aromatic amines is 1. The molecule has 0 spiro atoms. The maximum atomic E-state index is 11.5. The van der Waals surface area contributed by atoms with E-state index in [4.69, 9.17) is 0 Å². The van der Waals surface area contributed by atoms with Gasteiger partial charge in [0.1, 0.15) is 5.69 Å². The Hall–Kier alpha value is -2.43. The van der Waals surface area contributed by atoms with E-state index in [1.54, 1.807) is 30.6 Å². The molecule has 5 nitrogen and oxygen atoms in total. The summed E-state index contributed by atoms with van der Waals surface area (Å²) in [6.45, 7) is 0. The van der Waals surface area contributed by atoms with Gasteiger partial charge in [0.05, 0.1) is 11.9 Å². The third-order valence-corrected chi connectivity index (χ3v) is 1.89. The Balaban J connectivity index is 1.94. The first-order valence-corrected chi connectivity index (χ1v) is 4.74. The fraction of sp³-hybridized carbons (Fsp3) is 0. The van der Waals surface area contributed by atoms with E-state index in [-0.39, 0.29) is 5.91 Å². The predicted octanol–water partition coefficient (Wildman–Crippen LogP) is 1.17. The molecule has 0 aromatic carbocycles. The molecule has 1 amide bonds. The van der Waals surface area contributed by atoms with Crippen molar-refractivity contribution in [1.82, 2.24) is 15.4 Å². The van der Waals surface area contributed by atoms with Crippen molar-refractivity contribution in [2.45, 2.75) is 0 Å². The van der Waals surface area contributed by atoms with Crippen LogP contribution in [0.1, 0.15) is 16.2 Å². The lowest BCUT2D eigenvalue weighted by molar-refractivity contribution is 0.0950. The highest BCUT2D eigenvalue weighted by Crippen LogP contribution is 1.93. The highest BCUT2D eigenvalue weighted by molar-refractivity contribution is 5.92. The fourth-order valence-electron chi connectivity index (χ4n) is 1.14. The van der Waals surface area contributed by atoms with Crippen LogP contribution in [0.4, 0.5) is 0 Å². The lowest BCUT2D eigenvalue weighted by Gasteiger charge is -1.96. The van der Waals surface area contributed by atoms with Crippen LogP contribution in [0.5, 0.6) is 0 Å². The highest BCUT2D eigenvalue weighted by atomic mass is 16.2. The second kappa shape index (κ2) is 4.88. The number of rotatable bonds is 3. The molecule has 0 aliphatic rings. The third kappa shape index (κ3) is 2.54. The summed E-state index contributed by atoms with van der Waals surface area (Å²) in [6.07, 6.45) is 4.87. The van der Waals surface area contributed by atoms with E-state index in [1.165, 1.54) is 6.21 Å². The molecule has 0 fully saturated rings. The van der Waals surface area contributed by atoms with E-state index in [1.807, 2.05) is 12.1 Å². The van der Waals surface area contributed by atoms with E-state index in [2.05, 4.69) is 20.5 Å². The first-order valence-electron chi connectivity index (χ1n) is 4.74. The summed E-state index contributed by atoms with van der Waals surface area (Å²) in [5.74, 6) is -0.330. The third-order valence-electron chi connectivity index (χ3n) is 1.89. The molecule has 2 heterocycles. The Bertz CT molecular complexity index is 476. The number of nitrogens with zero attached hydrogens (tertiary/aromatic N) is 2. The predicted molar refractivity (Wildman–Crippen MR) is 60.1 cm³/mol. The Labute approximate surface area is 92.2 Å². The van der Waals surface area contributed by atoms with Crippen molar-refractivity contribution in [2.75, 3.05) is 0 Å². The van der Waals surface area contributed by atoms with Gasteiger partial charge in [-0.2, -0.15) is 5.10 Å². The summed E-state index contributed by atoms with van der Waals surface area (Å²) in [7, 11) is 0. The molecular formula is C11H10N4O. The van der Waals surface area contributed by atoms with E-state index in [0.717, 1.165) is 5.69 Å². The zero-order valence-corrected chi connectivity index (χ0v) is 8.42. The number of pyridine rings is 1. The summed E-state index contributed by atoms with van der Waals surface area (Å²) in [6, 6.07) is 8.81. The average molecular weight is 214 g/mol. The Morgan fingerprint density at radius 1 is 1.38 bits per heavy atom. The first-order chi connectivity index (χ1) is 7.86. The Morgan fingerprint density at radius 2 is 2.31 bits per heavy atom. The smallest absolute Gasteiger partial charge is 0.289 e. The number of hydrogen-bond donors (Lipinski definition) is 2. The molecule has 2 rings (SSSR count). The maximum Gasteiger partial charge on any atom is 0.289 e. The standard InChI is InChI=1S/C11H10N4O/c16-11(10-5-1-2-6-13-10)15-14-8-9-4-3-7-12-9/h1-8,12H,(H,15,16). The zero-order chi connectivity index (χ0) is 11.2. The largest absolute Gasteiger partial charge is 0.360 e. The van der Waals surface area contributed by atoms with Gasteiger partial charge in [-0.1, -0.05) is 6.07 Å². The van der Waals surface area contributed by atoms with Crippen molar-refractivity contribution < 1.29 is 4.79 Å². The van der Waals surface area contributed by atoms with E-state index < -0.39 is 0 Å². The van der Waals surface area contributed by atoms with Crippen LogP contribution in [-0.2, 0) is 0 Å². The number of hydrazone groups is 1. The molecule has 0 saturated carbocycles. The number of aromatic nitrogens is 2. The van der Waals surface area contributed by atoms with Gasteiger partial charge < -0.3 is 4.98 Å². The van der Waals surface area contributed by atoms with Crippen LogP contribution in [0.15, 0.2) is 47.8 Å². The number of amides is 1. The minimum absolute atomic E-state index is 0.330. The average Bonchev–Trinajstić information content (AvgIpc) is 2.83. The highest BCUT2D eigenvalue weighted by Gasteiger charge is 2.03.